The summed E-state index contributed by atoms with van der Waals surface area (Å²) in [5.41, 5.74) is 0. The average Bonchev–Trinajstić information content (AvgIpc) is 3.04. The van der Waals surface area contributed by atoms with Gasteiger partial charge in [-0.15, -0.1) is 0 Å². The van der Waals surface area contributed by atoms with Crippen LogP contribution in [0.5, 0.6) is 0 Å². The highest BCUT2D eigenvalue weighted by Gasteiger charge is 2.21. The van der Waals surface area contributed by atoms with Crippen molar-refractivity contribution in [3.63, 3.8) is 0 Å². The van der Waals surface area contributed by atoms with Gasteiger partial charge in [-0.05, 0) is 6.92 Å². The fourth-order valence-electron chi connectivity index (χ4n) is 2.34. The molecule has 7 nitrogen and oxygen atoms in total. The molecule has 0 radical (unpaired) electrons. The van der Waals surface area contributed by atoms with E-state index in [4.69, 9.17) is 4.74 Å². The largest absolute Gasteiger partial charge is 0.380 e. The SMILES string of the molecule is CCOCCNC(=NC)N1CCN(c2nc(CC)ns2)CC1. The van der Waals surface area contributed by atoms with Gasteiger partial charge in [-0.25, -0.2) is 4.98 Å². The molecule has 22 heavy (non-hydrogen) atoms. The Labute approximate surface area is 136 Å². The summed E-state index contributed by atoms with van der Waals surface area (Å²) in [5, 5.41) is 4.39. The second-order valence-corrected chi connectivity index (χ2v) is 5.72. The van der Waals surface area contributed by atoms with Crippen molar-refractivity contribution in [2.45, 2.75) is 20.3 Å². The van der Waals surface area contributed by atoms with E-state index >= 15 is 0 Å². The van der Waals surface area contributed by atoms with Gasteiger partial charge in [0.25, 0.3) is 0 Å². The van der Waals surface area contributed by atoms with Crippen LogP contribution in [-0.2, 0) is 11.2 Å². The van der Waals surface area contributed by atoms with Crippen LogP contribution >= 0.6 is 11.5 Å². The van der Waals surface area contributed by atoms with E-state index in [1.165, 1.54) is 11.5 Å². The second-order valence-electron chi connectivity index (χ2n) is 4.99. The molecule has 0 aromatic carbocycles. The maximum atomic E-state index is 5.35. The van der Waals surface area contributed by atoms with Crippen molar-refractivity contribution in [3.8, 4) is 0 Å². The Bertz CT molecular complexity index is 470. The zero-order valence-corrected chi connectivity index (χ0v) is 14.5. The van der Waals surface area contributed by atoms with Crippen LogP contribution in [-0.4, -0.2) is 73.2 Å². The Hall–Kier alpha value is -1.41. The predicted octanol–water partition coefficient (Wildman–Crippen LogP) is 0.834. The lowest BCUT2D eigenvalue weighted by Crippen LogP contribution is -2.53. The first-order valence-corrected chi connectivity index (χ1v) is 8.66. The number of guanidine groups is 1. The summed E-state index contributed by atoms with van der Waals surface area (Å²) >= 11 is 1.50. The van der Waals surface area contributed by atoms with Crippen LogP contribution in [0.25, 0.3) is 0 Å². The van der Waals surface area contributed by atoms with Gasteiger partial charge in [0, 0.05) is 64.3 Å². The van der Waals surface area contributed by atoms with Crippen molar-refractivity contribution in [3.05, 3.63) is 5.82 Å². The van der Waals surface area contributed by atoms with E-state index in [1.807, 2.05) is 14.0 Å². The molecule has 0 spiro atoms. The maximum Gasteiger partial charge on any atom is 0.205 e. The van der Waals surface area contributed by atoms with Crippen molar-refractivity contribution >= 4 is 22.6 Å². The Kier molecular flexibility index (Phi) is 6.85. The summed E-state index contributed by atoms with van der Waals surface area (Å²) in [6.07, 6.45) is 0.896. The van der Waals surface area contributed by atoms with Gasteiger partial charge in [0.2, 0.25) is 5.13 Å². The third kappa shape index (κ3) is 4.54. The molecule has 1 saturated heterocycles. The van der Waals surface area contributed by atoms with Crippen LogP contribution in [0.2, 0.25) is 0 Å². The van der Waals surface area contributed by atoms with Crippen LogP contribution < -0.4 is 10.2 Å². The molecule has 0 amide bonds. The van der Waals surface area contributed by atoms with E-state index in [9.17, 15) is 0 Å². The quantitative estimate of drug-likeness (QED) is 0.475. The second kappa shape index (κ2) is 8.89. The number of nitrogens with one attached hydrogen (secondary N) is 1. The monoisotopic (exact) mass is 326 g/mol. The lowest BCUT2D eigenvalue weighted by molar-refractivity contribution is 0.151. The topological polar surface area (TPSA) is 65.9 Å². The van der Waals surface area contributed by atoms with Crippen LogP contribution in [0.15, 0.2) is 4.99 Å². The van der Waals surface area contributed by atoms with Crippen molar-refractivity contribution in [2.75, 3.05) is 57.9 Å². The van der Waals surface area contributed by atoms with Crippen LogP contribution in [0.1, 0.15) is 19.7 Å². The number of nitrogens with zero attached hydrogens (tertiary/aromatic N) is 5. The number of aliphatic imine (C=N–C) groups is 1. The fraction of sp³-hybridized carbons (Fsp3) is 0.786. The molecular weight excluding hydrogens is 300 g/mol. The number of aromatic nitrogens is 2. The molecule has 0 aliphatic carbocycles. The minimum Gasteiger partial charge on any atom is -0.380 e. The molecule has 1 N–H and O–H groups in total. The van der Waals surface area contributed by atoms with E-state index in [0.717, 1.165) is 62.7 Å². The zero-order valence-electron chi connectivity index (χ0n) is 13.7. The smallest absolute Gasteiger partial charge is 0.205 e. The fourth-order valence-corrected chi connectivity index (χ4v) is 3.14. The number of piperazine rings is 1. The number of hydrogen-bond donors (Lipinski definition) is 1. The molecule has 2 heterocycles. The van der Waals surface area contributed by atoms with Gasteiger partial charge in [-0.2, -0.15) is 4.37 Å². The summed E-state index contributed by atoms with van der Waals surface area (Å²) in [4.78, 5) is 13.5. The summed E-state index contributed by atoms with van der Waals surface area (Å²) in [6.45, 7) is 10.1. The first-order chi connectivity index (χ1) is 10.8. The molecule has 1 aromatic heterocycles. The van der Waals surface area contributed by atoms with Gasteiger partial charge in [0.05, 0.1) is 6.61 Å². The number of aryl methyl sites for hydroxylation is 1. The van der Waals surface area contributed by atoms with Crippen LogP contribution in [0, 0.1) is 0 Å². The molecule has 2 rings (SSSR count). The van der Waals surface area contributed by atoms with Gasteiger partial charge in [-0.3, -0.25) is 4.99 Å². The summed E-state index contributed by atoms with van der Waals surface area (Å²) in [7, 11) is 1.83. The molecule has 0 saturated carbocycles. The van der Waals surface area contributed by atoms with Gasteiger partial charge in [0.1, 0.15) is 5.82 Å². The zero-order chi connectivity index (χ0) is 15.8. The molecule has 0 unspecified atom stereocenters. The first-order valence-electron chi connectivity index (χ1n) is 7.89. The highest BCUT2D eigenvalue weighted by atomic mass is 32.1. The highest BCUT2D eigenvalue weighted by molar-refractivity contribution is 7.09. The number of rotatable bonds is 6. The first kappa shape index (κ1) is 17.0. The van der Waals surface area contributed by atoms with Crippen molar-refractivity contribution in [1.29, 1.82) is 0 Å². The van der Waals surface area contributed by atoms with Gasteiger partial charge >= 0.3 is 0 Å². The summed E-state index contributed by atoms with van der Waals surface area (Å²) in [6, 6.07) is 0. The molecule has 0 bridgehead atoms. The number of ether oxygens (including phenoxy) is 1. The lowest BCUT2D eigenvalue weighted by atomic mass is 10.3. The number of anilines is 1. The van der Waals surface area contributed by atoms with Gasteiger partial charge < -0.3 is 19.9 Å². The van der Waals surface area contributed by atoms with Crippen molar-refractivity contribution < 1.29 is 4.74 Å². The molecule has 124 valence electrons. The third-order valence-electron chi connectivity index (χ3n) is 3.57. The molecule has 8 heteroatoms. The molecule has 1 fully saturated rings. The van der Waals surface area contributed by atoms with E-state index in [1.54, 1.807) is 0 Å². The minimum atomic E-state index is 0.708. The Morgan fingerprint density at radius 1 is 1.32 bits per heavy atom. The molecule has 1 aliphatic heterocycles. The summed E-state index contributed by atoms with van der Waals surface area (Å²) < 4.78 is 9.71. The normalized spacial score (nSPS) is 16.2. The summed E-state index contributed by atoms with van der Waals surface area (Å²) in [5.74, 6) is 1.89. The van der Waals surface area contributed by atoms with Gasteiger partial charge in [0.15, 0.2) is 5.96 Å². The Morgan fingerprint density at radius 2 is 2.09 bits per heavy atom. The standard InChI is InChI=1S/C14H26N6OS/c1-4-12-17-14(22-18-12)20-9-7-19(8-10-20)13(15-3)16-6-11-21-5-2/h4-11H2,1-3H3,(H,15,16). The van der Waals surface area contributed by atoms with E-state index in [0.29, 0.717) is 6.61 Å². The molecule has 0 atom stereocenters. The van der Waals surface area contributed by atoms with Crippen LogP contribution in [0.4, 0.5) is 5.13 Å². The van der Waals surface area contributed by atoms with Gasteiger partial charge in [-0.1, -0.05) is 6.92 Å². The van der Waals surface area contributed by atoms with Crippen LogP contribution in [0.3, 0.4) is 0 Å². The third-order valence-corrected chi connectivity index (χ3v) is 4.38. The van der Waals surface area contributed by atoms with Crippen molar-refractivity contribution in [1.82, 2.24) is 19.6 Å². The van der Waals surface area contributed by atoms with Crippen molar-refractivity contribution in [2.24, 2.45) is 4.99 Å². The average molecular weight is 326 g/mol. The van der Waals surface area contributed by atoms with E-state index in [-0.39, 0.29) is 0 Å². The Morgan fingerprint density at radius 3 is 2.68 bits per heavy atom. The predicted molar refractivity (Wildman–Crippen MR) is 90.9 cm³/mol. The molecular formula is C14H26N6OS. The molecule has 1 aromatic rings. The van der Waals surface area contributed by atoms with E-state index in [2.05, 4.69) is 36.4 Å². The highest BCUT2D eigenvalue weighted by Crippen LogP contribution is 2.19. The van der Waals surface area contributed by atoms with E-state index < -0.39 is 0 Å². The number of hydrogen-bond acceptors (Lipinski definition) is 6. The maximum absolute atomic E-state index is 5.35. The minimum absolute atomic E-state index is 0.708. The Balaban J connectivity index is 1.80. The lowest BCUT2D eigenvalue weighted by Gasteiger charge is -2.36. The molecule has 1 aliphatic rings.